The van der Waals surface area contributed by atoms with Crippen molar-refractivity contribution in [3.8, 4) is 16.2 Å². The van der Waals surface area contributed by atoms with Gasteiger partial charge in [-0.05, 0) is 30.5 Å². The summed E-state index contributed by atoms with van der Waals surface area (Å²) in [7, 11) is 1.64. The Bertz CT molecular complexity index is 1100. The lowest BCUT2D eigenvalue weighted by molar-refractivity contribution is 0.415. The van der Waals surface area contributed by atoms with Gasteiger partial charge >= 0.3 is 0 Å². The number of anilines is 1. The van der Waals surface area contributed by atoms with Crippen LogP contribution in [-0.4, -0.2) is 17.1 Å². The van der Waals surface area contributed by atoms with Crippen molar-refractivity contribution in [2.45, 2.75) is 13.0 Å². The van der Waals surface area contributed by atoms with Crippen molar-refractivity contribution >= 4 is 38.6 Å². The molecule has 3 aromatic heterocycles. The predicted molar refractivity (Wildman–Crippen MR) is 109 cm³/mol. The Kier molecular flexibility index (Phi) is 4.48. The third-order valence-corrected chi connectivity index (χ3v) is 5.89. The highest BCUT2D eigenvalue weighted by molar-refractivity contribution is 7.18. The molecule has 0 aliphatic rings. The van der Waals surface area contributed by atoms with Gasteiger partial charge in [0.05, 0.1) is 18.5 Å². The Morgan fingerprint density at radius 2 is 2.12 bits per heavy atom. The smallest absolute Gasteiger partial charge is 0.260 e. The third-order valence-electron chi connectivity index (χ3n) is 4.11. The van der Waals surface area contributed by atoms with Gasteiger partial charge in [-0.15, -0.1) is 22.7 Å². The summed E-state index contributed by atoms with van der Waals surface area (Å²) in [4.78, 5) is 22.2. The Balaban J connectivity index is 1.68. The highest BCUT2D eigenvalue weighted by Crippen LogP contribution is 2.34. The van der Waals surface area contributed by atoms with Crippen LogP contribution in [0.3, 0.4) is 0 Å². The number of aromatic nitrogens is 2. The molecule has 5 nitrogen and oxygen atoms in total. The van der Waals surface area contributed by atoms with Crippen molar-refractivity contribution in [2.75, 3.05) is 12.4 Å². The van der Waals surface area contributed by atoms with E-state index in [0.717, 1.165) is 26.7 Å². The molecule has 7 heteroatoms. The molecule has 0 aliphatic carbocycles. The van der Waals surface area contributed by atoms with E-state index in [1.165, 1.54) is 11.3 Å². The van der Waals surface area contributed by atoms with Crippen LogP contribution in [0, 0.1) is 0 Å². The molecule has 2 N–H and O–H groups in total. The first-order valence-corrected chi connectivity index (χ1v) is 9.87. The first-order valence-electron chi connectivity index (χ1n) is 8.11. The number of hydrogen-bond acceptors (Lipinski definition) is 6. The summed E-state index contributed by atoms with van der Waals surface area (Å²) in [5, 5.41) is 8.03. The van der Waals surface area contributed by atoms with E-state index in [-0.39, 0.29) is 11.6 Å². The van der Waals surface area contributed by atoms with E-state index in [1.54, 1.807) is 18.4 Å². The average Bonchev–Trinajstić information content (AvgIpc) is 3.31. The van der Waals surface area contributed by atoms with Gasteiger partial charge in [0.2, 0.25) is 0 Å². The van der Waals surface area contributed by atoms with Crippen LogP contribution in [0.15, 0.2) is 52.0 Å². The number of rotatable bonds is 5. The minimum absolute atomic E-state index is 0.103. The van der Waals surface area contributed by atoms with Crippen LogP contribution in [0.1, 0.15) is 18.8 Å². The van der Waals surface area contributed by atoms with Crippen LogP contribution in [0.4, 0.5) is 5.69 Å². The maximum Gasteiger partial charge on any atom is 0.260 e. The third kappa shape index (κ3) is 3.11. The lowest BCUT2D eigenvalue weighted by atomic mass is 10.2. The van der Waals surface area contributed by atoms with Crippen molar-refractivity contribution in [1.82, 2.24) is 9.97 Å². The van der Waals surface area contributed by atoms with E-state index in [4.69, 9.17) is 4.74 Å². The number of H-pyrrole nitrogens is 1. The van der Waals surface area contributed by atoms with Crippen LogP contribution in [0.5, 0.6) is 5.75 Å². The monoisotopic (exact) mass is 383 g/mol. The molecule has 0 saturated heterocycles. The first-order chi connectivity index (χ1) is 12.7. The topological polar surface area (TPSA) is 67.0 Å². The van der Waals surface area contributed by atoms with Crippen molar-refractivity contribution in [1.29, 1.82) is 0 Å². The van der Waals surface area contributed by atoms with Gasteiger partial charge in [0.25, 0.3) is 5.56 Å². The summed E-state index contributed by atoms with van der Waals surface area (Å²) in [6.07, 6.45) is 0. The summed E-state index contributed by atoms with van der Waals surface area (Å²) < 4.78 is 5.25. The average molecular weight is 383 g/mol. The number of ether oxygens (including phenoxy) is 1. The van der Waals surface area contributed by atoms with E-state index >= 15 is 0 Å². The Hall–Kier alpha value is -2.64. The Morgan fingerprint density at radius 3 is 2.88 bits per heavy atom. The lowest BCUT2D eigenvalue weighted by Gasteiger charge is -2.15. The van der Waals surface area contributed by atoms with Crippen LogP contribution >= 0.6 is 22.7 Å². The van der Waals surface area contributed by atoms with Crippen molar-refractivity contribution in [2.24, 2.45) is 0 Å². The number of fused-ring (bicyclic) bond motifs is 1. The summed E-state index contributed by atoms with van der Waals surface area (Å²) in [6.45, 7) is 1.97. The summed E-state index contributed by atoms with van der Waals surface area (Å²) >= 11 is 3.12. The molecule has 4 rings (SSSR count). The fourth-order valence-corrected chi connectivity index (χ4v) is 4.58. The standard InChI is InChI=1S/C19H17N3O2S2/c1-11(20-12-5-3-6-13(9-12)24-2)17-21-18(23)16-14(10-26-19(16)22-17)15-7-4-8-25-15/h3-11,20H,1-2H3,(H,21,22,23)/t11-/m1/s1. The molecule has 0 spiro atoms. The molecule has 4 aromatic rings. The first kappa shape index (κ1) is 16.8. The van der Waals surface area contributed by atoms with E-state index in [1.807, 2.05) is 54.1 Å². The molecule has 0 aliphatic heterocycles. The zero-order valence-electron chi connectivity index (χ0n) is 14.3. The van der Waals surface area contributed by atoms with Crippen LogP contribution in [0.25, 0.3) is 20.7 Å². The van der Waals surface area contributed by atoms with Crippen molar-refractivity contribution < 1.29 is 4.74 Å². The zero-order chi connectivity index (χ0) is 18.1. The molecule has 26 heavy (non-hydrogen) atoms. The molecule has 3 heterocycles. The normalized spacial score (nSPS) is 12.2. The molecule has 0 radical (unpaired) electrons. The molecular formula is C19H17N3O2S2. The second-order valence-corrected chi connectivity index (χ2v) is 7.66. The van der Waals surface area contributed by atoms with E-state index in [2.05, 4.69) is 15.3 Å². The highest BCUT2D eigenvalue weighted by atomic mass is 32.1. The second-order valence-electron chi connectivity index (χ2n) is 5.86. The number of nitrogens with one attached hydrogen (secondary N) is 2. The SMILES string of the molecule is COc1cccc(N[C@H](C)c2nc3scc(-c4cccs4)c3c(=O)[nH]2)c1. The molecular weight excluding hydrogens is 366 g/mol. The fourth-order valence-electron chi connectivity index (χ4n) is 2.82. The van der Waals surface area contributed by atoms with Crippen molar-refractivity contribution in [3.05, 3.63) is 63.3 Å². The maximum atomic E-state index is 12.7. The molecule has 0 unspecified atom stereocenters. The van der Waals surface area contributed by atoms with Crippen LogP contribution in [-0.2, 0) is 0 Å². The van der Waals surface area contributed by atoms with Gasteiger partial charge in [0.15, 0.2) is 0 Å². The van der Waals surface area contributed by atoms with Crippen LogP contribution < -0.4 is 15.6 Å². The highest BCUT2D eigenvalue weighted by Gasteiger charge is 2.16. The Morgan fingerprint density at radius 1 is 1.23 bits per heavy atom. The second kappa shape index (κ2) is 6.93. The minimum Gasteiger partial charge on any atom is -0.497 e. The van der Waals surface area contributed by atoms with E-state index < -0.39 is 0 Å². The number of hydrogen-bond donors (Lipinski definition) is 2. The molecule has 0 saturated carbocycles. The number of nitrogens with zero attached hydrogens (tertiary/aromatic N) is 1. The van der Waals surface area contributed by atoms with Gasteiger partial charge in [-0.25, -0.2) is 4.98 Å². The lowest BCUT2D eigenvalue weighted by Crippen LogP contribution is -2.17. The minimum atomic E-state index is -0.147. The Labute approximate surface area is 158 Å². The van der Waals surface area contributed by atoms with Crippen molar-refractivity contribution in [3.63, 3.8) is 0 Å². The predicted octanol–water partition coefficient (Wildman–Crippen LogP) is 4.89. The van der Waals surface area contributed by atoms with Crippen LogP contribution in [0.2, 0.25) is 0 Å². The summed E-state index contributed by atoms with van der Waals surface area (Å²) in [5.41, 5.74) is 1.76. The number of aromatic amines is 1. The maximum absolute atomic E-state index is 12.7. The number of thiophene rings is 2. The molecule has 1 atom stereocenters. The van der Waals surface area contributed by atoms with E-state index in [0.29, 0.717) is 11.2 Å². The van der Waals surface area contributed by atoms with E-state index in [9.17, 15) is 4.79 Å². The summed E-state index contributed by atoms with van der Waals surface area (Å²) in [6, 6.07) is 11.5. The van der Waals surface area contributed by atoms with Gasteiger partial charge in [0, 0.05) is 27.6 Å². The largest absolute Gasteiger partial charge is 0.497 e. The molecule has 0 amide bonds. The molecule has 132 valence electrons. The fraction of sp³-hybridized carbons (Fsp3) is 0.158. The van der Waals surface area contributed by atoms with Gasteiger partial charge in [-0.2, -0.15) is 0 Å². The summed E-state index contributed by atoms with van der Waals surface area (Å²) in [5.74, 6) is 1.39. The number of methoxy groups -OCH3 is 1. The quantitative estimate of drug-likeness (QED) is 0.515. The van der Waals surface area contributed by atoms with Gasteiger partial charge < -0.3 is 15.0 Å². The molecule has 0 fully saturated rings. The molecule has 1 aromatic carbocycles. The van der Waals surface area contributed by atoms with Gasteiger partial charge in [-0.3, -0.25) is 4.79 Å². The zero-order valence-corrected chi connectivity index (χ0v) is 15.9. The molecule has 0 bridgehead atoms. The van der Waals surface area contributed by atoms with Gasteiger partial charge in [0.1, 0.15) is 16.4 Å². The number of benzene rings is 1. The van der Waals surface area contributed by atoms with Gasteiger partial charge in [-0.1, -0.05) is 12.1 Å².